The number of hydrogen-bond donors (Lipinski definition) is 1. The average Bonchev–Trinajstić information content (AvgIpc) is 2.69. The van der Waals surface area contributed by atoms with E-state index < -0.39 is 0 Å². The summed E-state index contributed by atoms with van der Waals surface area (Å²) in [6, 6.07) is 6.22. The quantitative estimate of drug-likeness (QED) is 0.841. The van der Waals surface area contributed by atoms with Crippen LogP contribution in [-0.4, -0.2) is 39.2 Å². The second-order valence-corrected chi connectivity index (χ2v) is 4.59. The Morgan fingerprint density at radius 2 is 2.25 bits per heavy atom. The molecule has 3 heteroatoms. The maximum atomic E-state index is 5.44. The molecule has 0 amide bonds. The van der Waals surface area contributed by atoms with Crippen LogP contribution in [0.1, 0.15) is 17.9 Å². The number of nitrogens with one attached hydrogen (secondary N) is 1. The number of hydrogen-bond acceptors (Lipinski definition) is 3. The fourth-order valence-electron chi connectivity index (χ4n) is 2.29. The van der Waals surface area contributed by atoms with Crippen LogP contribution >= 0.6 is 0 Å². The van der Waals surface area contributed by atoms with Gasteiger partial charge in [0.1, 0.15) is 5.75 Å². The van der Waals surface area contributed by atoms with E-state index in [4.69, 9.17) is 4.74 Å². The minimum atomic E-state index is 0.577. The molecule has 1 aromatic carbocycles. The average molecular weight is 220 g/mol. The third kappa shape index (κ3) is 2.14. The Balaban J connectivity index is 2.17. The first-order valence-corrected chi connectivity index (χ1v) is 5.78. The normalized spacial score (nSPS) is 18.4. The number of nitrogens with zero attached hydrogens (tertiary/aromatic N) is 1. The zero-order chi connectivity index (χ0) is 11.5. The van der Waals surface area contributed by atoms with Gasteiger partial charge in [0.25, 0.3) is 0 Å². The van der Waals surface area contributed by atoms with Gasteiger partial charge in [-0.15, -0.1) is 0 Å². The van der Waals surface area contributed by atoms with E-state index in [9.17, 15) is 0 Å². The highest BCUT2D eigenvalue weighted by Crippen LogP contribution is 2.39. The van der Waals surface area contributed by atoms with Gasteiger partial charge in [0.05, 0.1) is 7.11 Å². The van der Waals surface area contributed by atoms with Gasteiger partial charge in [0.2, 0.25) is 0 Å². The van der Waals surface area contributed by atoms with Crippen molar-refractivity contribution in [1.29, 1.82) is 0 Å². The molecule has 0 fully saturated rings. The lowest BCUT2D eigenvalue weighted by atomic mass is 9.97. The number of ether oxygens (including phenoxy) is 1. The minimum Gasteiger partial charge on any atom is -0.496 e. The first kappa shape index (κ1) is 11.3. The number of fused-ring (bicyclic) bond motifs is 1. The molecular weight excluding hydrogens is 200 g/mol. The first-order chi connectivity index (χ1) is 7.72. The van der Waals surface area contributed by atoms with Crippen LogP contribution < -0.4 is 10.1 Å². The molecule has 1 N–H and O–H groups in total. The minimum absolute atomic E-state index is 0.577. The van der Waals surface area contributed by atoms with Crippen LogP contribution in [0.15, 0.2) is 18.2 Å². The van der Waals surface area contributed by atoms with Crippen molar-refractivity contribution in [3.63, 3.8) is 0 Å². The molecule has 1 aromatic rings. The summed E-state index contributed by atoms with van der Waals surface area (Å²) in [6.45, 7) is 2.15. The highest BCUT2D eigenvalue weighted by molar-refractivity contribution is 5.63. The van der Waals surface area contributed by atoms with Crippen molar-refractivity contribution in [2.75, 3.05) is 39.6 Å². The third-order valence-corrected chi connectivity index (χ3v) is 3.16. The van der Waals surface area contributed by atoms with Gasteiger partial charge in [-0.1, -0.05) is 6.07 Å². The van der Waals surface area contributed by atoms with E-state index in [2.05, 4.69) is 36.4 Å². The van der Waals surface area contributed by atoms with Crippen LogP contribution in [0, 0.1) is 0 Å². The molecule has 0 spiro atoms. The smallest absolute Gasteiger partial charge is 0.124 e. The van der Waals surface area contributed by atoms with Gasteiger partial charge in [-0.2, -0.15) is 0 Å². The lowest BCUT2D eigenvalue weighted by Crippen LogP contribution is -2.16. The molecule has 0 aromatic heterocycles. The molecule has 0 saturated carbocycles. The Morgan fingerprint density at radius 3 is 2.94 bits per heavy atom. The number of methoxy groups -OCH3 is 1. The first-order valence-electron chi connectivity index (χ1n) is 5.78. The number of benzene rings is 1. The summed E-state index contributed by atoms with van der Waals surface area (Å²) in [5.41, 5.74) is 2.59. The molecule has 88 valence electrons. The monoisotopic (exact) mass is 220 g/mol. The van der Waals surface area contributed by atoms with Crippen LogP contribution in [0.25, 0.3) is 0 Å². The van der Waals surface area contributed by atoms with Gasteiger partial charge in [-0.3, -0.25) is 0 Å². The van der Waals surface area contributed by atoms with Crippen molar-refractivity contribution in [3.8, 4) is 5.75 Å². The van der Waals surface area contributed by atoms with Crippen molar-refractivity contribution in [2.45, 2.75) is 12.3 Å². The van der Waals surface area contributed by atoms with Crippen molar-refractivity contribution in [3.05, 3.63) is 23.8 Å². The predicted molar refractivity (Wildman–Crippen MR) is 67.4 cm³/mol. The molecule has 3 nitrogen and oxygen atoms in total. The molecule has 16 heavy (non-hydrogen) atoms. The second kappa shape index (κ2) is 4.74. The van der Waals surface area contributed by atoms with E-state index in [0.717, 1.165) is 18.8 Å². The van der Waals surface area contributed by atoms with Crippen LogP contribution in [0.3, 0.4) is 0 Å². The Kier molecular flexibility index (Phi) is 3.34. The zero-order valence-electron chi connectivity index (χ0n) is 10.3. The molecule has 0 bridgehead atoms. The van der Waals surface area contributed by atoms with Crippen LogP contribution in [0.5, 0.6) is 5.75 Å². The van der Waals surface area contributed by atoms with Crippen molar-refractivity contribution in [1.82, 2.24) is 4.90 Å². The molecule has 2 rings (SSSR count). The standard InChI is InChI=1S/C13H20N2O/c1-15(2)8-7-10-9-14-11-5-4-6-12(16-3)13(10)11/h4-6,10,14H,7-9H2,1-3H3/t10-/m0/s1. The lowest BCUT2D eigenvalue weighted by Gasteiger charge is -2.16. The predicted octanol–water partition coefficient (Wildman–Crippen LogP) is 2.16. The van der Waals surface area contributed by atoms with Gasteiger partial charge in [-0.25, -0.2) is 0 Å². The summed E-state index contributed by atoms with van der Waals surface area (Å²) in [4.78, 5) is 2.23. The zero-order valence-corrected chi connectivity index (χ0v) is 10.3. The lowest BCUT2D eigenvalue weighted by molar-refractivity contribution is 0.377. The maximum Gasteiger partial charge on any atom is 0.124 e. The molecule has 0 aliphatic carbocycles. The summed E-state index contributed by atoms with van der Waals surface area (Å²) in [6.07, 6.45) is 1.17. The number of rotatable bonds is 4. The van der Waals surface area contributed by atoms with Crippen molar-refractivity contribution < 1.29 is 4.74 Å². The molecule has 1 atom stereocenters. The van der Waals surface area contributed by atoms with Crippen molar-refractivity contribution >= 4 is 5.69 Å². The summed E-state index contributed by atoms with van der Waals surface area (Å²) < 4.78 is 5.44. The molecular formula is C13H20N2O. The van der Waals surface area contributed by atoms with Crippen LogP contribution in [0.4, 0.5) is 5.69 Å². The molecule has 1 heterocycles. The van der Waals surface area contributed by atoms with Gasteiger partial charge < -0.3 is 15.0 Å². The highest BCUT2D eigenvalue weighted by Gasteiger charge is 2.25. The molecule has 0 unspecified atom stereocenters. The Morgan fingerprint density at radius 1 is 1.44 bits per heavy atom. The molecule has 0 saturated heterocycles. The summed E-state index contributed by atoms with van der Waals surface area (Å²) in [5, 5.41) is 3.45. The van der Waals surface area contributed by atoms with Gasteiger partial charge >= 0.3 is 0 Å². The summed E-state index contributed by atoms with van der Waals surface area (Å²) >= 11 is 0. The van der Waals surface area contributed by atoms with E-state index in [0.29, 0.717) is 5.92 Å². The Bertz CT molecular complexity index is 363. The Labute approximate surface area is 97.4 Å². The molecule has 1 aliphatic rings. The largest absolute Gasteiger partial charge is 0.496 e. The third-order valence-electron chi connectivity index (χ3n) is 3.16. The molecule has 1 aliphatic heterocycles. The van der Waals surface area contributed by atoms with Crippen molar-refractivity contribution in [2.24, 2.45) is 0 Å². The van der Waals surface area contributed by atoms with E-state index in [1.54, 1.807) is 7.11 Å². The second-order valence-electron chi connectivity index (χ2n) is 4.59. The SMILES string of the molecule is COc1cccc2c1[C@@H](CCN(C)C)CN2. The van der Waals surface area contributed by atoms with Gasteiger partial charge in [0, 0.05) is 23.7 Å². The fraction of sp³-hybridized carbons (Fsp3) is 0.538. The maximum absolute atomic E-state index is 5.44. The highest BCUT2D eigenvalue weighted by atomic mass is 16.5. The van der Waals surface area contributed by atoms with E-state index >= 15 is 0 Å². The molecule has 0 radical (unpaired) electrons. The van der Waals surface area contributed by atoms with Gasteiger partial charge in [-0.05, 0) is 39.2 Å². The van der Waals surface area contributed by atoms with Gasteiger partial charge in [0.15, 0.2) is 0 Å². The van der Waals surface area contributed by atoms with E-state index in [1.165, 1.54) is 17.7 Å². The van der Waals surface area contributed by atoms with Crippen LogP contribution in [-0.2, 0) is 0 Å². The Hall–Kier alpha value is -1.22. The van der Waals surface area contributed by atoms with Crippen LogP contribution in [0.2, 0.25) is 0 Å². The van der Waals surface area contributed by atoms with E-state index in [1.807, 2.05) is 6.07 Å². The topological polar surface area (TPSA) is 24.5 Å². The fourth-order valence-corrected chi connectivity index (χ4v) is 2.29. The summed E-state index contributed by atoms with van der Waals surface area (Å²) in [7, 11) is 5.98. The number of anilines is 1. The van der Waals surface area contributed by atoms with E-state index in [-0.39, 0.29) is 0 Å². The summed E-state index contributed by atoms with van der Waals surface area (Å²) in [5.74, 6) is 1.60.